The first-order chi connectivity index (χ1) is 13.1. The first kappa shape index (κ1) is 27.1. The number of guanidine groups is 1. The van der Waals surface area contributed by atoms with E-state index in [4.69, 9.17) is 4.74 Å². The molecule has 160 valence electrons. The highest BCUT2D eigenvalue weighted by atomic mass is 127. The number of nitrogens with one attached hydrogen (secondary N) is 3. The first-order valence-corrected chi connectivity index (χ1v) is 10.0. The fourth-order valence-electron chi connectivity index (χ4n) is 2.41. The van der Waals surface area contributed by atoms with Crippen LogP contribution in [0.5, 0.6) is 0 Å². The Labute approximate surface area is 194 Å². The Balaban J connectivity index is 0.00000729. The van der Waals surface area contributed by atoms with Crippen molar-refractivity contribution in [3.63, 3.8) is 0 Å². The van der Waals surface area contributed by atoms with E-state index in [0.29, 0.717) is 12.1 Å². The van der Waals surface area contributed by atoms with Crippen LogP contribution in [0.4, 0.5) is 0 Å². The molecule has 0 heterocycles. The summed E-state index contributed by atoms with van der Waals surface area (Å²) in [5.41, 5.74) is 0.657. The molecule has 3 N–H and O–H groups in total. The van der Waals surface area contributed by atoms with Gasteiger partial charge >= 0.3 is 0 Å². The molecule has 0 saturated heterocycles. The second kappa shape index (κ2) is 17.0. The molecule has 9 heteroatoms. The van der Waals surface area contributed by atoms with Crippen molar-refractivity contribution in [3.05, 3.63) is 34.3 Å². The zero-order chi connectivity index (χ0) is 19.9. The Morgan fingerprint density at radius 2 is 1.86 bits per heavy atom. The molecular weight excluding hydrogens is 537 g/mol. The van der Waals surface area contributed by atoms with Crippen LogP contribution in [0, 0.1) is 0 Å². The van der Waals surface area contributed by atoms with Gasteiger partial charge in [-0.3, -0.25) is 9.79 Å². The molecule has 1 aromatic rings. The highest BCUT2D eigenvalue weighted by molar-refractivity contribution is 14.0. The molecule has 0 bridgehead atoms. The van der Waals surface area contributed by atoms with Gasteiger partial charge in [-0.2, -0.15) is 0 Å². The van der Waals surface area contributed by atoms with Gasteiger partial charge in [0, 0.05) is 63.5 Å². The van der Waals surface area contributed by atoms with Crippen LogP contribution in [-0.2, 0) is 4.74 Å². The zero-order valence-electron chi connectivity index (χ0n) is 17.0. The molecule has 0 aliphatic heterocycles. The minimum atomic E-state index is -0.0599. The topological polar surface area (TPSA) is 78.0 Å². The fourth-order valence-corrected chi connectivity index (χ4v) is 2.80. The summed E-state index contributed by atoms with van der Waals surface area (Å²) in [6.07, 6.45) is 1.85. The van der Waals surface area contributed by atoms with Gasteiger partial charge in [0.1, 0.15) is 0 Å². The number of methoxy groups -OCH3 is 1. The van der Waals surface area contributed by atoms with Crippen LogP contribution in [0.3, 0.4) is 0 Å². The number of nitrogens with zero attached hydrogens (tertiary/aromatic N) is 2. The Morgan fingerprint density at radius 1 is 1.14 bits per heavy atom. The minimum absolute atomic E-state index is 0. The van der Waals surface area contributed by atoms with Gasteiger partial charge < -0.3 is 25.6 Å². The second-order valence-electron chi connectivity index (χ2n) is 6.20. The quantitative estimate of drug-likeness (QED) is 0.156. The maximum atomic E-state index is 12.0. The molecule has 1 aromatic carbocycles. The maximum absolute atomic E-state index is 12.0. The van der Waals surface area contributed by atoms with Crippen molar-refractivity contribution in [3.8, 4) is 0 Å². The van der Waals surface area contributed by atoms with Crippen molar-refractivity contribution in [2.45, 2.75) is 12.8 Å². The monoisotopic (exact) mass is 569 g/mol. The molecule has 7 nitrogen and oxygen atoms in total. The van der Waals surface area contributed by atoms with Crippen molar-refractivity contribution in [1.82, 2.24) is 20.9 Å². The standard InChI is InChI=1S/C19H32BrN5O2.HI/c1-21-19(24-11-13-25(2)12-6-14-27-3)23-10-5-9-22-18(26)16-7-4-8-17(20)15-16;/h4,7-8,15H,5-6,9-14H2,1-3H3,(H,22,26)(H2,21,23,24);1H. The van der Waals surface area contributed by atoms with E-state index in [-0.39, 0.29) is 29.9 Å². The second-order valence-corrected chi connectivity index (χ2v) is 7.11. The average Bonchev–Trinajstić information content (AvgIpc) is 2.66. The third-order valence-corrected chi connectivity index (χ3v) is 4.41. The molecule has 0 unspecified atom stereocenters. The summed E-state index contributed by atoms with van der Waals surface area (Å²) < 4.78 is 5.96. The Hall–Kier alpha value is -0.910. The molecule has 0 aliphatic rings. The van der Waals surface area contributed by atoms with E-state index >= 15 is 0 Å². The van der Waals surface area contributed by atoms with Crippen LogP contribution >= 0.6 is 39.9 Å². The molecule has 0 radical (unpaired) electrons. The van der Waals surface area contributed by atoms with E-state index in [2.05, 4.69) is 48.8 Å². The number of hydrogen-bond donors (Lipinski definition) is 3. The molecular formula is C19H33BrIN5O2. The summed E-state index contributed by atoms with van der Waals surface area (Å²) in [5, 5.41) is 9.48. The molecule has 0 aromatic heterocycles. The van der Waals surface area contributed by atoms with Gasteiger partial charge in [0.2, 0.25) is 0 Å². The molecule has 0 saturated carbocycles. The number of benzene rings is 1. The van der Waals surface area contributed by atoms with Crippen molar-refractivity contribution in [2.75, 3.05) is 60.5 Å². The van der Waals surface area contributed by atoms with E-state index in [1.54, 1.807) is 20.2 Å². The highest BCUT2D eigenvalue weighted by Gasteiger charge is 2.05. The highest BCUT2D eigenvalue weighted by Crippen LogP contribution is 2.11. The molecule has 0 aliphatic carbocycles. The number of aliphatic imine (C=N–C) groups is 1. The average molecular weight is 570 g/mol. The lowest BCUT2D eigenvalue weighted by atomic mass is 10.2. The first-order valence-electron chi connectivity index (χ1n) is 9.22. The molecule has 28 heavy (non-hydrogen) atoms. The SMILES string of the molecule is CN=C(NCCCNC(=O)c1cccc(Br)c1)NCCN(C)CCCOC.I. The van der Waals surface area contributed by atoms with Crippen molar-refractivity contribution in [2.24, 2.45) is 4.99 Å². The lowest BCUT2D eigenvalue weighted by molar-refractivity contribution is 0.0953. The molecule has 0 spiro atoms. The van der Waals surface area contributed by atoms with Gasteiger partial charge in [0.25, 0.3) is 5.91 Å². The van der Waals surface area contributed by atoms with Crippen LogP contribution in [0.25, 0.3) is 0 Å². The largest absolute Gasteiger partial charge is 0.385 e. The van der Waals surface area contributed by atoms with Crippen molar-refractivity contribution >= 4 is 51.8 Å². The van der Waals surface area contributed by atoms with Crippen LogP contribution in [-0.4, -0.2) is 77.3 Å². The predicted molar refractivity (Wildman–Crippen MR) is 130 cm³/mol. The molecule has 1 amide bonds. The lowest BCUT2D eigenvalue weighted by Gasteiger charge is -2.18. The van der Waals surface area contributed by atoms with Gasteiger partial charge in [-0.05, 0) is 38.1 Å². The molecule has 0 atom stereocenters. The summed E-state index contributed by atoms with van der Waals surface area (Å²) in [6.45, 7) is 4.91. The van der Waals surface area contributed by atoms with E-state index in [1.807, 2.05) is 18.2 Å². The van der Waals surface area contributed by atoms with Gasteiger partial charge in [-0.1, -0.05) is 22.0 Å². The number of ether oxygens (including phenoxy) is 1. The van der Waals surface area contributed by atoms with Gasteiger partial charge in [0.05, 0.1) is 0 Å². The van der Waals surface area contributed by atoms with E-state index in [9.17, 15) is 4.79 Å². The number of carbonyl (C=O) groups is 1. The maximum Gasteiger partial charge on any atom is 0.251 e. The number of hydrogen-bond acceptors (Lipinski definition) is 4. The summed E-state index contributed by atoms with van der Waals surface area (Å²) in [7, 11) is 5.58. The zero-order valence-corrected chi connectivity index (χ0v) is 20.9. The van der Waals surface area contributed by atoms with Gasteiger partial charge in [-0.25, -0.2) is 0 Å². The summed E-state index contributed by atoms with van der Waals surface area (Å²) in [6, 6.07) is 7.37. The third-order valence-electron chi connectivity index (χ3n) is 3.92. The van der Waals surface area contributed by atoms with Gasteiger partial charge in [0.15, 0.2) is 5.96 Å². The lowest BCUT2D eigenvalue weighted by Crippen LogP contribution is -2.42. The number of likely N-dealkylation sites (N-methyl/N-ethyl adjacent to an activating group) is 1. The number of amides is 1. The van der Waals surface area contributed by atoms with Crippen LogP contribution in [0.2, 0.25) is 0 Å². The van der Waals surface area contributed by atoms with Gasteiger partial charge in [-0.15, -0.1) is 24.0 Å². The third kappa shape index (κ3) is 12.5. The number of carbonyl (C=O) groups excluding carboxylic acids is 1. The Bertz CT molecular complexity index is 589. The fraction of sp³-hybridized carbons (Fsp3) is 0.579. The number of halogens is 2. The smallest absolute Gasteiger partial charge is 0.251 e. The molecule has 0 fully saturated rings. The Morgan fingerprint density at radius 3 is 2.54 bits per heavy atom. The van der Waals surface area contributed by atoms with E-state index in [0.717, 1.165) is 56.1 Å². The van der Waals surface area contributed by atoms with Crippen LogP contribution < -0.4 is 16.0 Å². The van der Waals surface area contributed by atoms with Crippen LogP contribution in [0.1, 0.15) is 23.2 Å². The van der Waals surface area contributed by atoms with Crippen LogP contribution in [0.15, 0.2) is 33.7 Å². The van der Waals surface area contributed by atoms with E-state index < -0.39 is 0 Å². The molecule has 1 rings (SSSR count). The summed E-state index contributed by atoms with van der Waals surface area (Å²) in [5.74, 6) is 0.717. The Kier molecular flexibility index (Phi) is 16.4. The van der Waals surface area contributed by atoms with Crippen molar-refractivity contribution in [1.29, 1.82) is 0 Å². The number of rotatable bonds is 12. The summed E-state index contributed by atoms with van der Waals surface area (Å²) >= 11 is 3.37. The normalized spacial score (nSPS) is 11.1. The summed E-state index contributed by atoms with van der Waals surface area (Å²) in [4.78, 5) is 18.5. The van der Waals surface area contributed by atoms with Crippen molar-refractivity contribution < 1.29 is 9.53 Å². The minimum Gasteiger partial charge on any atom is -0.385 e. The predicted octanol–water partition coefficient (Wildman–Crippen LogP) is 2.32. The van der Waals surface area contributed by atoms with E-state index in [1.165, 1.54) is 0 Å².